The Morgan fingerprint density at radius 3 is 2.67 bits per heavy atom. The summed E-state index contributed by atoms with van der Waals surface area (Å²) in [6.45, 7) is 2.04. The van der Waals surface area contributed by atoms with Gasteiger partial charge in [0.1, 0.15) is 12.4 Å². The summed E-state index contributed by atoms with van der Waals surface area (Å²) in [7, 11) is 0. The molecule has 2 aromatic rings. The van der Waals surface area contributed by atoms with Crippen LogP contribution in [-0.2, 0) is 10.2 Å². The maximum Gasteiger partial charge on any atom is 0.251 e. The van der Waals surface area contributed by atoms with Gasteiger partial charge in [0.15, 0.2) is 0 Å². The predicted molar refractivity (Wildman–Crippen MR) is 105 cm³/mol. The fourth-order valence-corrected chi connectivity index (χ4v) is 4.01. The van der Waals surface area contributed by atoms with Crippen molar-refractivity contribution in [3.63, 3.8) is 0 Å². The molecule has 2 fully saturated rings. The number of hydrogen-bond acceptors (Lipinski definition) is 3. The van der Waals surface area contributed by atoms with Gasteiger partial charge in [0.05, 0.1) is 6.10 Å². The van der Waals surface area contributed by atoms with Crippen molar-refractivity contribution < 1.29 is 14.3 Å². The fraction of sp³-hybridized carbons (Fsp3) is 0.435. The number of rotatable bonds is 7. The van der Waals surface area contributed by atoms with Gasteiger partial charge in [-0.3, -0.25) is 4.79 Å². The molecule has 2 aliphatic rings. The zero-order valence-corrected chi connectivity index (χ0v) is 15.7. The van der Waals surface area contributed by atoms with Crippen molar-refractivity contribution in [1.29, 1.82) is 0 Å². The molecule has 4 heteroatoms. The second-order valence-electron chi connectivity index (χ2n) is 7.66. The topological polar surface area (TPSA) is 47.6 Å². The summed E-state index contributed by atoms with van der Waals surface area (Å²) < 4.78 is 11.4. The molecule has 142 valence electrons. The lowest BCUT2D eigenvalue weighted by Gasteiger charge is -2.42. The average molecular weight is 365 g/mol. The summed E-state index contributed by atoms with van der Waals surface area (Å²) in [6, 6.07) is 18.0. The molecule has 1 saturated carbocycles. The fourth-order valence-electron chi connectivity index (χ4n) is 4.01. The number of hydrogen-bond donors (Lipinski definition) is 1. The summed E-state index contributed by atoms with van der Waals surface area (Å²) >= 11 is 0. The van der Waals surface area contributed by atoms with Gasteiger partial charge in [-0.25, -0.2) is 0 Å². The minimum atomic E-state index is -0.0419. The lowest BCUT2D eigenvalue weighted by molar-refractivity contribution is 0.0679. The molecule has 1 unspecified atom stereocenters. The van der Waals surface area contributed by atoms with Crippen LogP contribution < -0.4 is 10.1 Å². The van der Waals surface area contributed by atoms with Crippen molar-refractivity contribution in [2.24, 2.45) is 0 Å². The van der Waals surface area contributed by atoms with Crippen LogP contribution in [0.4, 0.5) is 0 Å². The van der Waals surface area contributed by atoms with Gasteiger partial charge in [0, 0.05) is 24.1 Å². The Morgan fingerprint density at radius 1 is 1.11 bits per heavy atom. The molecule has 1 N–H and O–H groups in total. The summed E-state index contributed by atoms with van der Waals surface area (Å²) in [5.74, 6) is 0.680. The first kappa shape index (κ1) is 18.1. The molecule has 27 heavy (non-hydrogen) atoms. The second-order valence-corrected chi connectivity index (χ2v) is 7.66. The van der Waals surface area contributed by atoms with Crippen molar-refractivity contribution in [1.82, 2.24) is 5.32 Å². The maximum atomic E-state index is 12.7. The number of carbonyl (C=O) groups is 1. The van der Waals surface area contributed by atoms with Crippen LogP contribution in [0.15, 0.2) is 54.6 Å². The summed E-state index contributed by atoms with van der Waals surface area (Å²) in [5.41, 5.74) is 2.05. The molecule has 0 aromatic heterocycles. The molecular weight excluding hydrogens is 338 g/mol. The number of benzene rings is 2. The Hall–Kier alpha value is -2.33. The maximum absolute atomic E-state index is 12.7. The molecule has 1 amide bonds. The minimum absolute atomic E-state index is 0.0419. The SMILES string of the molecule is O=C(NCC1(c2ccccc2)CCC1)c1cccc(OCC2CCCO2)c1. The lowest BCUT2D eigenvalue weighted by atomic mass is 9.64. The third-order valence-corrected chi connectivity index (χ3v) is 5.84. The molecule has 0 spiro atoms. The normalized spacial score (nSPS) is 20.7. The first-order valence-electron chi connectivity index (χ1n) is 9.93. The van der Waals surface area contributed by atoms with Crippen LogP contribution in [-0.4, -0.2) is 31.8 Å². The zero-order valence-electron chi connectivity index (χ0n) is 15.7. The smallest absolute Gasteiger partial charge is 0.251 e. The molecule has 4 rings (SSSR count). The third-order valence-electron chi connectivity index (χ3n) is 5.84. The monoisotopic (exact) mass is 365 g/mol. The highest BCUT2D eigenvalue weighted by atomic mass is 16.5. The molecule has 1 aliphatic carbocycles. The molecule has 0 radical (unpaired) electrons. The van der Waals surface area contributed by atoms with E-state index in [1.807, 2.05) is 30.3 Å². The van der Waals surface area contributed by atoms with Crippen LogP contribution in [0.5, 0.6) is 5.75 Å². The average Bonchev–Trinajstić information content (AvgIpc) is 3.20. The van der Waals surface area contributed by atoms with Gasteiger partial charge < -0.3 is 14.8 Å². The van der Waals surface area contributed by atoms with Crippen LogP contribution in [0.25, 0.3) is 0 Å². The van der Waals surface area contributed by atoms with Crippen molar-refractivity contribution in [2.45, 2.75) is 43.6 Å². The van der Waals surface area contributed by atoms with Gasteiger partial charge in [-0.2, -0.15) is 0 Å². The van der Waals surface area contributed by atoms with E-state index in [9.17, 15) is 4.79 Å². The Kier molecular flexibility index (Phi) is 5.44. The minimum Gasteiger partial charge on any atom is -0.491 e. The van der Waals surface area contributed by atoms with Crippen LogP contribution in [0.1, 0.15) is 48.0 Å². The van der Waals surface area contributed by atoms with Crippen molar-refractivity contribution in [3.05, 3.63) is 65.7 Å². The van der Waals surface area contributed by atoms with E-state index in [-0.39, 0.29) is 17.4 Å². The Morgan fingerprint density at radius 2 is 1.96 bits per heavy atom. The van der Waals surface area contributed by atoms with Gasteiger partial charge in [-0.15, -0.1) is 0 Å². The molecule has 4 nitrogen and oxygen atoms in total. The van der Waals surface area contributed by atoms with E-state index in [4.69, 9.17) is 9.47 Å². The molecular formula is C23H27NO3. The van der Waals surface area contributed by atoms with Gasteiger partial charge in [-0.05, 0) is 49.4 Å². The second kappa shape index (κ2) is 8.13. The van der Waals surface area contributed by atoms with Crippen molar-refractivity contribution >= 4 is 5.91 Å². The van der Waals surface area contributed by atoms with E-state index < -0.39 is 0 Å². The molecule has 1 atom stereocenters. The molecule has 1 aliphatic heterocycles. The number of nitrogens with one attached hydrogen (secondary N) is 1. The number of ether oxygens (including phenoxy) is 2. The van der Waals surface area contributed by atoms with Crippen LogP contribution >= 0.6 is 0 Å². The van der Waals surface area contributed by atoms with E-state index >= 15 is 0 Å². The van der Waals surface area contributed by atoms with Gasteiger partial charge in [0.25, 0.3) is 5.91 Å². The highest BCUT2D eigenvalue weighted by Crippen LogP contribution is 2.43. The van der Waals surface area contributed by atoms with Gasteiger partial charge in [0.2, 0.25) is 0 Å². The van der Waals surface area contributed by atoms with Crippen LogP contribution in [0, 0.1) is 0 Å². The van der Waals surface area contributed by atoms with Crippen molar-refractivity contribution in [2.75, 3.05) is 19.8 Å². The first-order chi connectivity index (χ1) is 13.3. The predicted octanol–water partition coefficient (Wildman–Crippen LogP) is 4.10. The summed E-state index contributed by atoms with van der Waals surface area (Å²) in [6.07, 6.45) is 5.79. The lowest BCUT2D eigenvalue weighted by Crippen LogP contribution is -2.45. The van der Waals surface area contributed by atoms with Crippen molar-refractivity contribution in [3.8, 4) is 5.75 Å². The summed E-state index contributed by atoms with van der Waals surface area (Å²) in [4.78, 5) is 12.7. The Balaban J connectivity index is 1.36. The van der Waals surface area contributed by atoms with E-state index in [2.05, 4.69) is 29.6 Å². The highest BCUT2D eigenvalue weighted by Gasteiger charge is 2.38. The largest absolute Gasteiger partial charge is 0.491 e. The van der Waals surface area contributed by atoms with E-state index in [0.29, 0.717) is 18.7 Å². The highest BCUT2D eigenvalue weighted by molar-refractivity contribution is 5.94. The zero-order chi connectivity index (χ0) is 18.5. The summed E-state index contributed by atoms with van der Waals surface area (Å²) in [5, 5.41) is 3.15. The van der Waals surface area contributed by atoms with Crippen LogP contribution in [0.3, 0.4) is 0 Å². The standard InChI is InChI=1S/C23H27NO3/c25-22(24-17-23(12-6-13-23)19-8-2-1-3-9-19)18-7-4-10-20(15-18)27-16-21-11-5-14-26-21/h1-4,7-10,15,21H,5-6,11-14,16-17H2,(H,24,25). The van der Waals surface area contributed by atoms with E-state index in [0.717, 1.165) is 38.0 Å². The molecule has 2 aromatic carbocycles. The van der Waals surface area contributed by atoms with E-state index in [1.54, 1.807) is 0 Å². The first-order valence-corrected chi connectivity index (χ1v) is 9.93. The van der Waals surface area contributed by atoms with E-state index in [1.165, 1.54) is 12.0 Å². The quantitative estimate of drug-likeness (QED) is 0.804. The number of amides is 1. The third kappa shape index (κ3) is 4.16. The molecule has 1 saturated heterocycles. The Bertz CT molecular complexity index is 764. The molecule has 1 heterocycles. The van der Waals surface area contributed by atoms with Gasteiger partial charge >= 0.3 is 0 Å². The van der Waals surface area contributed by atoms with Crippen LogP contribution in [0.2, 0.25) is 0 Å². The molecule has 0 bridgehead atoms. The van der Waals surface area contributed by atoms with Gasteiger partial charge in [-0.1, -0.05) is 42.8 Å². The Labute approximate surface area is 160 Å². The number of carbonyl (C=O) groups excluding carboxylic acids is 1.